The highest BCUT2D eigenvalue weighted by Gasteiger charge is 2.52. The lowest BCUT2D eigenvalue weighted by Crippen LogP contribution is -2.67. The zero-order valence-corrected chi connectivity index (χ0v) is 11.3. The molecule has 1 aliphatic carbocycles. The van der Waals surface area contributed by atoms with Crippen LogP contribution in [0.1, 0.15) is 52.9 Å². The molecule has 98 valence electrons. The lowest BCUT2D eigenvalue weighted by atomic mass is 9.70. The molecule has 3 nitrogen and oxygen atoms in total. The fourth-order valence-corrected chi connectivity index (χ4v) is 3.52. The lowest BCUT2D eigenvalue weighted by Gasteiger charge is -2.56. The molecule has 0 spiro atoms. The van der Waals surface area contributed by atoms with Crippen molar-refractivity contribution in [2.45, 2.75) is 58.4 Å². The average Bonchev–Trinajstić information content (AvgIpc) is 2.25. The summed E-state index contributed by atoms with van der Waals surface area (Å²) in [6.07, 6.45) is 5.05. The predicted octanol–water partition coefficient (Wildman–Crippen LogP) is 2.75. The second-order valence-corrected chi connectivity index (χ2v) is 6.71. The van der Waals surface area contributed by atoms with Crippen molar-refractivity contribution in [2.24, 2.45) is 11.3 Å². The Morgan fingerprint density at radius 2 is 1.82 bits per heavy atom. The quantitative estimate of drug-likeness (QED) is 0.823. The number of rotatable bonds is 3. The van der Waals surface area contributed by atoms with Gasteiger partial charge in [-0.05, 0) is 37.0 Å². The molecule has 2 rings (SSSR count). The molecule has 0 aromatic rings. The van der Waals surface area contributed by atoms with Crippen molar-refractivity contribution in [3.8, 4) is 0 Å². The van der Waals surface area contributed by atoms with Gasteiger partial charge in [0.15, 0.2) is 0 Å². The molecule has 2 aliphatic rings. The minimum atomic E-state index is -0.595. The first-order valence-corrected chi connectivity index (χ1v) is 6.88. The zero-order valence-electron chi connectivity index (χ0n) is 11.3. The fourth-order valence-electron chi connectivity index (χ4n) is 3.52. The number of carbonyl (C=O) groups is 1. The number of likely N-dealkylation sites (tertiary alicyclic amines) is 1. The van der Waals surface area contributed by atoms with E-state index >= 15 is 0 Å². The summed E-state index contributed by atoms with van der Waals surface area (Å²) in [7, 11) is 0. The van der Waals surface area contributed by atoms with Crippen molar-refractivity contribution in [1.82, 2.24) is 4.90 Å². The Morgan fingerprint density at radius 1 is 1.29 bits per heavy atom. The van der Waals surface area contributed by atoms with Crippen molar-refractivity contribution in [1.29, 1.82) is 0 Å². The van der Waals surface area contributed by atoms with Gasteiger partial charge in [0.25, 0.3) is 0 Å². The van der Waals surface area contributed by atoms with E-state index in [0.717, 1.165) is 44.7 Å². The summed E-state index contributed by atoms with van der Waals surface area (Å²) in [6.45, 7) is 8.53. The van der Waals surface area contributed by atoms with E-state index < -0.39 is 11.5 Å². The average molecular weight is 239 g/mol. The third-order valence-corrected chi connectivity index (χ3v) is 4.75. The normalized spacial score (nSPS) is 37.5. The minimum absolute atomic E-state index is 0.310. The van der Waals surface area contributed by atoms with E-state index in [0.29, 0.717) is 5.41 Å². The standard InChI is InChI=1S/C14H25NO2/c1-4-11-5-7-14(8-6-11,12(16)17)15-9-13(2,3)10-15/h11H,4-10H2,1-3H3,(H,16,17). The Bertz CT molecular complexity index is 295. The molecular weight excluding hydrogens is 214 g/mol. The van der Waals surface area contributed by atoms with Crippen molar-refractivity contribution < 1.29 is 9.90 Å². The van der Waals surface area contributed by atoms with Crippen molar-refractivity contribution in [3.63, 3.8) is 0 Å². The molecule has 2 fully saturated rings. The smallest absolute Gasteiger partial charge is 0.324 e. The summed E-state index contributed by atoms with van der Waals surface area (Å²) < 4.78 is 0. The van der Waals surface area contributed by atoms with Crippen LogP contribution < -0.4 is 0 Å². The van der Waals surface area contributed by atoms with Gasteiger partial charge in [-0.1, -0.05) is 27.2 Å². The molecule has 0 aromatic carbocycles. The summed E-state index contributed by atoms with van der Waals surface area (Å²) in [6, 6.07) is 0. The van der Waals surface area contributed by atoms with Crippen molar-refractivity contribution in [2.75, 3.05) is 13.1 Å². The lowest BCUT2D eigenvalue weighted by molar-refractivity contribution is -0.166. The summed E-state index contributed by atoms with van der Waals surface area (Å²) in [5.41, 5.74) is -0.231. The van der Waals surface area contributed by atoms with Gasteiger partial charge in [0.05, 0.1) is 0 Å². The molecule has 0 bridgehead atoms. The van der Waals surface area contributed by atoms with Crippen LogP contribution in [0.15, 0.2) is 0 Å². The molecule has 3 heteroatoms. The molecular formula is C14H25NO2. The Labute approximate surface area is 104 Å². The first kappa shape index (κ1) is 12.9. The van der Waals surface area contributed by atoms with E-state index in [4.69, 9.17) is 0 Å². The van der Waals surface area contributed by atoms with Gasteiger partial charge in [0.1, 0.15) is 5.54 Å². The molecule has 1 heterocycles. The topological polar surface area (TPSA) is 40.5 Å². The van der Waals surface area contributed by atoms with Crippen LogP contribution in [0, 0.1) is 11.3 Å². The highest BCUT2D eigenvalue weighted by molar-refractivity contribution is 5.79. The number of aliphatic carboxylic acids is 1. The Morgan fingerprint density at radius 3 is 2.18 bits per heavy atom. The summed E-state index contributed by atoms with van der Waals surface area (Å²) >= 11 is 0. The molecule has 1 N–H and O–H groups in total. The van der Waals surface area contributed by atoms with Crippen LogP contribution in [0.4, 0.5) is 0 Å². The summed E-state index contributed by atoms with van der Waals surface area (Å²) in [5.74, 6) is 0.152. The SMILES string of the molecule is CCC1CCC(C(=O)O)(N2CC(C)(C)C2)CC1. The fraction of sp³-hybridized carbons (Fsp3) is 0.929. The third kappa shape index (κ3) is 2.22. The number of nitrogens with zero attached hydrogens (tertiary/aromatic N) is 1. The second kappa shape index (κ2) is 4.27. The van der Waals surface area contributed by atoms with Crippen LogP contribution in [-0.4, -0.2) is 34.6 Å². The maximum absolute atomic E-state index is 11.7. The van der Waals surface area contributed by atoms with Gasteiger partial charge in [-0.15, -0.1) is 0 Å². The first-order chi connectivity index (χ1) is 7.89. The summed E-state index contributed by atoms with van der Waals surface area (Å²) in [5, 5.41) is 9.61. The number of hydrogen-bond donors (Lipinski definition) is 1. The monoisotopic (exact) mass is 239 g/mol. The van der Waals surface area contributed by atoms with Crippen LogP contribution in [0.5, 0.6) is 0 Å². The Kier molecular flexibility index (Phi) is 3.23. The van der Waals surface area contributed by atoms with Crippen molar-refractivity contribution >= 4 is 5.97 Å². The molecule has 0 radical (unpaired) electrons. The molecule has 17 heavy (non-hydrogen) atoms. The van der Waals surface area contributed by atoms with E-state index in [1.807, 2.05) is 0 Å². The predicted molar refractivity (Wildman–Crippen MR) is 68.0 cm³/mol. The molecule has 1 saturated heterocycles. The van der Waals surface area contributed by atoms with E-state index in [2.05, 4.69) is 25.7 Å². The minimum Gasteiger partial charge on any atom is -0.480 e. The van der Waals surface area contributed by atoms with E-state index in [-0.39, 0.29) is 0 Å². The van der Waals surface area contributed by atoms with E-state index in [1.54, 1.807) is 0 Å². The van der Waals surface area contributed by atoms with Crippen LogP contribution in [0.25, 0.3) is 0 Å². The van der Waals surface area contributed by atoms with E-state index in [1.165, 1.54) is 6.42 Å². The maximum Gasteiger partial charge on any atom is 0.324 e. The molecule has 0 unspecified atom stereocenters. The summed E-state index contributed by atoms with van der Waals surface area (Å²) in [4.78, 5) is 13.9. The molecule has 0 atom stereocenters. The third-order valence-electron chi connectivity index (χ3n) is 4.75. The highest BCUT2D eigenvalue weighted by Crippen LogP contribution is 2.44. The van der Waals surface area contributed by atoms with Gasteiger partial charge < -0.3 is 5.11 Å². The largest absolute Gasteiger partial charge is 0.480 e. The Hall–Kier alpha value is -0.570. The van der Waals surface area contributed by atoms with Crippen LogP contribution in [-0.2, 0) is 4.79 Å². The molecule has 0 aromatic heterocycles. The maximum atomic E-state index is 11.7. The first-order valence-electron chi connectivity index (χ1n) is 6.88. The number of hydrogen-bond acceptors (Lipinski definition) is 2. The van der Waals surface area contributed by atoms with Gasteiger partial charge in [-0.2, -0.15) is 0 Å². The molecule has 1 saturated carbocycles. The number of carboxylic acids is 1. The van der Waals surface area contributed by atoms with Gasteiger partial charge in [0.2, 0.25) is 0 Å². The molecule has 1 aliphatic heterocycles. The van der Waals surface area contributed by atoms with Gasteiger partial charge in [-0.3, -0.25) is 9.69 Å². The Balaban J connectivity index is 2.05. The van der Waals surface area contributed by atoms with Gasteiger partial charge in [0, 0.05) is 13.1 Å². The zero-order chi connectivity index (χ0) is 12.7. The van der Waals surface area contributed by atoms with E-state index in [9.17, 15) is 9.90 Å². The van der Waals surface area contributed by atoms with Gasteiger partial charge >= 0.3 is 5.97 Å². The van der Waals surface area contributed by atoms with Gasteiger partial charge in [-0.25, -0.2) is 0 Å². The number of carboxylic acid groups (broad SMARTS) is 1. The highest BCUT2D eigenvalue weighted by atomic mass is 16.4. The molecule has 0 amide bonds. The van der Waals surface area contributed by atoms with Crippen LogP contribution in [0.3, 0.4) is 0 Å². The second-order valence-electron chi connectivity index (χ2n) is 6.71. The van der Waals surface area contributed by atoms with Crippen LogP contribution >= 0.6 is 0 Å². The van der Waals surface area contributed by atoms with Crippen LogP contribution in [0.2, 0.25) is 0 Å². The van der Waals surface area contributed by atoms with Crippen molar-refractivity contribution in [3.05, 3.63) is 0 Å².